The van der Waals surface area contributed by atoms with E-state index in [9.17, 15) is 4.39 Å². The van der Waals surface area contributed by atoms with Gasteiger partial charge in [-0.25, -0.2) is 4.39 Å². The van der Waals surface area contributed by atoms with Crippen molar-refractivity contribution in [3.05, 3.63) is 35.6 Å². The number of halogens is 1. The molecule has 17 heavy (non-hydrogen) atoms. The van der Waals surface area contributed by atoms with Gasteiger partial charge >= 0.3 is 0 Å². The lowest BCUT2D eigenvalue weighted by Crippen LogP contribution is -2.45. The quantitative estimate of drug-likeness (QED) is 0.860. The van der Waals surface area contributed by atoms with E-state index >= 15 is 0 Å². The molecule has 1 aliphatic heterocycles. The van der Waals surface area contributed by atoms with Gasteiger partial charge in [0.05, 0.1) is 0 Å². The highest BCUT2D eigenvalue weighted by Gasteiger charge is 2.34. The van der Waals surface area contributed by atoms with E-state index in [-0.39, 0.29) is 11.4 Å². The molecule has 1 saturated heterocycles. The first-order valence-corrected chi connectivity index (χ1v) is 6.25. The summed E-state index contributed by atoms with van der Waals surface area (Å²) < 4.78 is 12.8. The lowest BCUT2D eigenvalue weighted by molar-refractivity contribution is 0.310. The summed E-state index contributed by atoms with van der Waals surface area (Å²) in [5.41, 5.74) is 1.46. The zero-order chi connectivity index (χ0) is 12.3. The van der Waals surface area contributed by atoms with Crippen molar-refractivity contribution in [1.29, 1.82) is 0 Å². The van der Waals surface area contributed by atoms with Crippen LogP contribution in [0, 0.1) is 5.82 Å². The Bertz CT molecular complexity index is 363. The first-order chi connectivity index (χ1) is 8.13. The third-order valence-corrected chi connectivity index (χ3v) is 3.88. The number of hydrogen-bond donors (Lipinski definition) is 1. The summed E-state index contributed by atoms with van der Waals surface area (Å²) in [4.78, 5) is 2.36. The zero-order valence-electron chi connectivity index (χ0n) is 10.7. The number of nitrogens with one attached hydrogen (secondary N) is 1. The second-order valence-electron chi connectivity index (χ2n) is 5.14. The predicted octanol–water partition coefficient (Wildman–Crippen LogP) is 2.05. The number of nitrogens with zero attached hydrogens (tertiary/aromatic N) is 1. The van der Waals surface area contributed by atoms with E-state index < -0.39 is 0 Å². The molecule has 0 bridgehead atoms. The van der Waals surface area contributed by atoms with Crippen LogP contribution in [0.3, 0.4) is 0 Å². The first-order valence-electron chi connectivity index (χ1n) is 6.25. The van der Waals surface area contributed by atoms with Gasteiger partial charge in [-0.15, -0.1) is 0 Å². The molecule has 0 aliphatic carbocycles. The summed E-state index contributed by atoms with van der Waals surface area (Å²) in [6, 6.07) is 6.86. The number of hydrogen-bond acceptors (Lipinski definition) is 2. The van der Waals surface area contributed by atoms with Gasteiger partial charge in [0.2, 0.25) is 0 Å². The van der Waals surface area contributed by atoms with Crippen molar-refractivity contribution >= 4 is 0 Å². The fourth-order valence-corrected chi connectivity index (χ4v) is 2.65. The molecular formula is C14H21FN2. The first kappa shape index (κ1) is 12.5. The Morgan fingerprint density at radius 2 is 2.06 bits per heavy atom. The minimum absolute atomic E-state index is 0.155. The summed E-state index contributed by atoms with van der Waals surface area (Å²) in [7, 11) is 4.21. The Hall–Kier alpha value is -0.930. The number of likely N-dealkylation sites (N-methyl/N-ethyl adjacent to an activating group) is 2. The van der Waals surface area contributed by atoms with Crippen molar-refractivity contribution in [3.63, 3.8) is 0 Å². The van der Waals surface area contributed by atoms with E-state index in [0.717, 1.165) is 25.9 Å². The molecule has 0 radical (unpaired) electrons. The maximum Gasteiger partial charge on any atom is 0.123 e. The molecule has 1 N–H and O–H groups in total. The molecule has 1 aliphatic rings. The fourth-order valence-electron chi connectivity index (χ4n) is 2.65. The van der Waals surface area contributed by atoms with Gasteiger partial charge in [-0.1, -0.05) is 12.1 Å². The maximum atomic E-state index is 12.8. The summed E-state index contributed by atoms with van der Waals surface area (Å²) in [6.07, 6.45) is 3.32. The average Bonchev–Trinajstić information content (AvgIpc) is 2.71. The van der Waals surface area contributed by atoms with Crippen LogP contribution in [0.2, 0.25) is 0 Å². The van der Waals surface area contributed by atoms with E-state index in [1.54, 1.807) is 12.1 Å². The minimum atomic E-state index is -0.155. The van der Waals surface area contributed by atoms with Crippen molar-refractivity contribution < 1.29 is 4.39 Å². The molecule has 94 valence electrons. The molecule has 1 atom stereocenters. The lowest BCUT2D eigenvalue weighted by Gasteiger charge is -2.28. The van der Waals surface area contributed by atoms with E-state index in [4.69, 9.17) is 0 Å². The molecule has 1 aromatic carbocycles. The Morgan fingerprint density at radius 3 is 2.59 bits per heavy atom. The molecule has 0 saturated carbocycles. The van der Waals surface area contributed by atoms with Crippen molar-refractivity contribution in [2.24, 2.45) is 0 Å². The summed E-state index contributed by atoms with van der Waals surface area (Å²) >= 11 is 0. The van der Waals surface area contributed by atoms with Crippen LogP contribution in [0.15, 0.2) is 24.3 Å². The van der Waals surface area contributed by atoms with E-state index in [2.05, 4.69) is 17.3 Å². The van der Waals surface area contributed by atoms with E-state index in [1.165, 1.54) is 12.0 Å². The van der Waals surface area contributed by atoms with Gasteiger partial charge in [0.15, 0.2) is 0 Å². The standard InChI is InChI=1S/C14H21FN2/c1-16-14(9-10-17(2)11-14)8-7-12-3-5-13(15)6-4-12/h3-6,16H,7-11H2,1-2H3. The predicted molar refractivity (Wildman–Crippen MR) is 68.6 cm³/mol. The summed E-state index contributed by atoms with van der Waals surface area (Å²) in [5, 5.41) is 3.47. The van der Waals surface area contributed by atoms with Gasteiger partial charge in [-0.3, -0.25) is 0 Å². The van der Waals surface area contributed by atoms with Gasteiger partial charge in [0.1, 0.15) is 5.82 Å². The third kappa shape index (κ3) is 3.05. The molecule has 0 amide bonds. The molecule has 1 heterocycles. The van der Waals surface area contributed by atoms with Gasteiger partial charge in [0.25, 0.3) is 0 Å². The zero-order valence-corrected chi connectivity index (χ0v) is 10.7. The Balaban J connectivity index is 1.94. The lowest BCUT2D eigenvalue weighted by atomic mass is 9.90. The minimum Gasteiger partial charge on any atom is -0.313 e. The molecule has 1 fully saturated rings. The van der Waals surface area contributed by atoms with Gasteiger partial charge in [0, 0.05) is 12.1 Å². The van der Waals surface area contributed by atoms with Crippen molar-refractivity contribution in [3.8, 4) is 0 Å². The van der Waals surface area contributed by atoms with E-state index in [0.29, 0.717) is 0 Å². The monoisotopic (exact) mass is 236 g/mol. The molecule has 1 aromatic rings. The maximum absolute atomic E-state index is 12.8. The second kappa shape index (κ2) is 5.15. The molecule has 2 rings (SSSR count). The van der Waals surface area contributed by atoms with Crippen LogP contribution >= 0.6 is 0 Å². The number of rotatable bonds is 4. The number of aryl methyl sites for hydroxylation is 1. The van der Waals surface area contributed by atoms with Crippen LogP contribution in [0.1, 0.15) is 18.4 Å². The Labute approximate surface area is 103 Å². The molecular weight excluding hydrogens is 215 g/mol. The molecule has 2 nitrogen and oxygen atoms in total. The summed E-state index contributed by atoms with van der Waals surface area (Å²) in [5.74, 6) is -0.155. The summed E-state index contributed by atoms with van der Waals surface area (Å²) in [6.45, 7) is 2.26. The van der Waals surface area contributed by atoms with Crippen LogP contribution < -0.4 is 5.32 Å². The SMILES string of the molecule is CNC1(CCc2ccc(F)cc2)CCN(C)C1. The van der Waals surface area contributed by atoms with Gasteiger partial charge < -0.3 is 10.2 Å². The molecule has 0 spiro atoms. The molecule has 3 heteroatoms. The average molecular weight is 236 g/mol. The fraction of sp³-hybridized carbons (Fsp3) is 0.571. The molecule has 0 aromatic heterocycles. The number of benzene rings is 1. The highest BCUT2D eigenvalue weighted by Crippen LogP contribution is 2.25. The van der Waals surface area contributed by atoms with Crippen molar-refractivity contribution in [1.82, 2.24) is 10.2 Å². The largest absolute Gasteiger partial charge is 0.313 e. The highest BCUT2D eigenvalue weighted by atomic mass is 19.1. The normalized spacial score (nSPS) is 25.4. The second-order valence-corrected chi connectivity index (χ2v) is 5.14. The third-order valence-electron chi connectivity index (χ3n) is 3.88. The van der Waals surface area contributed by atoms with Gasteiger partial charge in [-0.05, 0) is 57.6 Å². The van der Waals surface area contributed by atoms with Crippen molar-refractivity contribution in [2.75, 3.05) is 27.2 Å². The van der Waals surface area contributed by atoms with Crippen LogP contribution in [-0.4, -0.2) is 37.6 Å². The van der Waals surface area contributed by atoms with Crippen LogP contribution in [0.25, 0.3) is 0 Å². The highest BCUT2D eigenvalue weighted by molar-refractivity contribution is 5.17. The van der Waals surface area contributed by atoms with Gasteiger partial charge in [-0.2, -0.15) is 0 Å². The molecule has 1 unspecified atom stereocenters. The van der Waals surface area contributed by atoms with Crippen LogP contribution in [0.5, 0.6) is 0 Å². The van der Waals surface area contributed by atoms with Crippen LogP contribution in [0.4, 0.5) is 4.39 Å². The van der Waals surface area contributed by atoms with Crippen LogP contribution in [-0.2, 0) is 6.42 Å². The number of likely N-dealkylation sites (tertiary alicyclic amines) is 1. The smallest absolute Gasteiger partial charge is 0.123 e. The Kier molecular flexibility index (Phi) is 3.79. The Morgan fingerprint density at radius 1 is 1.35 bits per heavy atom. The topological polar surface area (TPSA) is 15.3 Å². The van der Waals surface area contributed by atoms with Crippen molar-refractivity contribution in [2.45, 2.75) is 24.8 Å². The van der Waals surface area contributed by atoms with E-state index in [1.807, 2.05) is 19.2 Å².